The van der Waals surface area contributed by atoms with E-state index in [1.54, 1.807) is 0 Å². The molecule has 19 heteroatoms. The Morgan fingerprint density at radius 2 is 0.500 bits per heavy atom. The first-order valence-electron chi connectivity index (χ1n) is 42.1. The second kappa shape index (κ2) is 80.0. The molecule has 618 valence electrons. The lowest BCUT2D eigenvalue weighted by Crippen LogP contribution is -2.30. The maximum Gasteiger partial charge on any atom is 0.472 e. The minimum absolute atomic E-state index is 0.0347. The van der Waals surface area contributed by atoms with Crippen molar-refractivity contribution in [2.24, 2.45) is 0 Å². The van der Waals surface area contributed by atoms with Crippen molar-refractivity contribution in [1.29, 1.82) is 0 Å². The summed E-state index contributed by atoms with van der Waals surface area (Å²) in [7, 11) is -9.99. The van der Waals surface area contributed by atoms with Gasteiger partial charge in [0.05, 0.1) is 26.4 Å². The highest BCUT2D eigenvalue weighted by Gasteiger charge is 2.30. The molecule has 0 saturated carbocycles. The molecule has 0 amide bonds. The van der Waals surface area contributed by atoms with Gasteiger partial charge in [0.25, 0.3) is 0 Å². The van der Waals surface area contributed by atoms with Crippen molar-refractivity contribution in [3.05, 3.63) is 146 Å². The van der Waals surface area contributed by atoms with E-state index in [9.17, 15) is 43.2 Å². The van der Waals surface area contributed by atoms with Gasteiger partial charge in [0.2, 0.25) is 0 Å². The number of ether oxygens (including phenoxy) is 4. The Morgan fingerprint density at radius 1 is 0.269 bits per heavy atom. The predicted octanol–water partition coefficient (Wildman–Crippen LogP) is 25.0. The average molecular weight is 1550 g/mol. The third-order valence-electron chi connectivity index (χ3n) is 17.3. The largest absolute Gasteiger partial charge is 0.472 e. The zero-order chi connectivity index (χ0) is 78.9. The van der Waals surface area contributed by atoms with E-state index in [-0.39, 0.29) is 25.7 Å². The summed E-state index contributed by atoms with van der Waals surface area (Å²) in [6, 6.07) is 0. The highest BCUT2D eigenvalue weighted by atomic mass is 31.2. The van der Waals surface area contributed by atoms with E-state index in [0.717, 1.165) is 180 Å². The van der Waals surface area contributed by atoms with Crippen LogP contribution in [0.15, 0.2) is 146 Å². The summed E-state index contributed by atoms with van der Waals surface area (Å²) in [6.45, 7) is 4.54. The Labute approximate surface area is 656 Å². The van der Waals surface area contributed by atoms with E-state index in [1.807, 2.05) is 18.2 Å². The van der Waals surface area contributed by atoms with Gasteiger partial charge < -0.3 is 33.8 Å². The normalized spacial score (nSPS) is 14.5. The molecule has 0 aliphatic rings. The van der Waals surface area contributed by atoms with Crippen LogP contribution in [0.3, 0.4) is 0 Å². The van der Waals surface area contributed by atoms with Gasteiger partial charge in [0, 0.05) is 25.7 Å². The van der Waals surface area contributed by atoms with E-state index in [0.29, 0.717) is 32.1 Å². The zero-order valence-corrected chi connectivity index (χ0v) is 69.5. The Bertz CT molecular complexity index is 2610. The monoisotopic (exact) mass is 1550 g/mol. The second-order valence-electron chi connectivity index (χ2n) is 27.7. The van der Waals surface area contributed by atoms with Gasteiger partial charge in [-0.3, -0.25) is 37.3 Å². The number of hydrogen-bond acceptors (Lipinski definition) is 15. The van der Waals surface area contributed by atoms with Crippen molar-refractivity contribution in [1.82, 2.24) is 0 Å². The molecule has 5 unspecified atom stereocenters. The molecule has 0 radical (unpaired) electrons. The zero-order valence-electron chi connectivity index (χ0n) is 67.7. The smallest absolute Gasteiger partial charge is 0.462 e. The number of aliphatic hydroxyl groups excluding tert-OH is 1. The fourth-order valence-electron chi connectivity index (χ4n) is 11.0. The Balaban J connectivity index is 5.43. The van der Waals surface area contributed by atoms with Gasteiger partial charge in [-0.15, -0.1) is 0 Å². The number of hydrogen-bond donors (Lipinski definition) is 3. The van der Waals surface area contributed by atoms with Crippen LogP contribution in [0.4, 0.5) is 0 Å². The number of unbranched alkanes of at least 4 members (excludes halogenated alkanes) is 28. The summed E-state index contributed by atoms with van der Waals surface area (Å²) in [5.41, 5.74) is 0. The van der Waals surface area contributed by atoms with Crippen molar-refractivity contribution < 1.29 is 80.2 Å². The van der Waals surface area contributed by atoms with E-state index in [4.69, 9.17) is 37.0 Å². The molecule has 0 aliphatic carbocycles. The molecule has 108 heavy (non-hydrogen) atoms. The second-order valence-corrected chi connectivity index (χ2v) is 30.6. The first-order chi connectivity index (χ1) is 52.7. The summed E-state index contributed by atoms with van der Waals surface area (Å²) >= 11 is 0. The minimum Gasteiger partial charge on any atom is -0.462 e. The molecule has 17 nitrogen and oxygen atoms in total. The lowest BCUT2D eigenvalue weighted by molar-refractivity contribution is -0.161. The molecule has 0 saturated heterocycles. The molecule has 3 N–H and O–H groups in total. The first-order valence-corrected chi connectivity index (χ1v) is 45.1. The molecular weight excluding hydrogens is 1400 g/mol. The van der Waals surface area contributed by atoms with Gasteiger partial charge in [0.1, 0.15) is 19.3 Å². The molecule has 0 fully saturated rings. The molecule has 0 aromatic carbocycles. The van der Waals surface area contributed by atoms with Gasteiger partial charge >= 0.3 is 39.5 Å². The van der Waals surface area contributed by atoms with Gasteiger partial charge in [-0.25, -0.2) is 9.13 Å². The highest BCUT2D eigenvalue weighted by molar-refractivity contribution is 7.47. The van der Waals surface area contributed by atoms with Gasteiger partial charge in [-0.05, 0) is 135 Å². The number of carbonyl (C=O) groups is 4. The van der Waals surface area contributed by atoms with Crippen molar-refractivity contribution in [2.45, 2.75) is 354 Å². The van der Waals surface area contributed by atoms with Gasteiger partial charge in [-0.2, -0.15) is 0 Å². The molecular formula is C89H150O17P2. The van der Waals surface area contributed by atoms with E-state index < -0.39 is 97.5 Å². The molecule has 0 aromatic rings. The topological polar surface area (TPSA) is 237 Å². The predicted molar refractivity (Wildman–Crippen MR) is 445 cm³/mol. The first kappa shape index (κ1) is 103. The third kappa shape index (κ3) is 79.0. The number of esters is 4. The van der Waals surface area contributed by atoms with Crippen LogP contribution < -0.4 is 0 Å². The van der Waals surface area contributed by atoms with Gasteiger partial charge in [-0.1, -0.05) is 321 Å². The number of phosphoric ester groups is 2. The fourth-order valence-corrected chi connectivity index (χ4v) is 12.6. The van der Waals surface area contributed by atoms with Crippen LogP contribution in [0.2, 0.25) is 0 Å². The third-order valence-corrected chi connectivity index (χ3v) is 19.2. The van der Waals surface area contributed by atoms with Crippen LogP contribution >= 0.6 is 15.6 Å². The molecule has 0 heterocycles. The van der Waals surface area contributed by atoms with Crippen LogP contribution in [-0.2, 0) is 65.4 Å². The van der Waals surface area contributed by atoms with Crippen molar-refractivity contribution in [3.8, 4) is 0 Å². The summed E-state index contributed by atoms with van der Waals surface area (Å²) in [6.07, 6.45) is 92.5. The van der Waals surface area contributed by atoms with Crippen LogP contribution in [0.25, 0.3) is 0 Å². The van der Waals surface area contributed by atoms with Gasteiger partial charge in [0.15, 0.2) is 12.2 Å². The number of allylic oxidation sites excluding steroid dienone is 24. The van der Waals surface area contributed by atoms with Crippen LogP contribution in [0, 0.1) is 0 Å². The Morgan fingerprint density at radius 3 is 0.815 bits per heavy atom. The molecule has 0 aliphatic heterocycles. The highest BCUT2D eigenvalue weighted by Crippen LogP contribution is 2.45. The summed E-state index contributed by atoms with van der Waals surface area (Å²) < 4.78 is 68.7. The lowest BCUT2D eigenvalue weighted by Gasteiger charge is -2.21. The standard InChI is InChI=1S/C89H150O17P2/c1-5-9-13-17-21-25-29-33-36-39-41-44-46-50-53-57-61-65-69-73-86(91)99-79-84(105-88(93)75-71-67-63-59-55-49-32-28-24-20-16-12-8-4)81-103-107(95,96)101-77-83(90)78-102-108(97,98)104-82-85(106-89(94)76-72-68-64-60-56-52-48-43-38-35-31-27-23-19-15-11-7-3)80-100-87(92)74-70-66-62-58-54-51-47-45-42-40-37-34-30-26-22-18-14-10-6-2/h9,11,13,15,21-23,25-27,33-38,41-42,44-45,50,53,61,65,83-85,90H,5-8,10,12,14,16-20,24,28-32,39-40,43,46-49,51-52,54-60,62-64,66-82H2,1-4H3,(H,95,96)(H,97,98)/b13-9-,15-11-,25-21-,26-22-,27-23-,36-33-,37-34-,38-35-,44-41-,45-42-,53-50-,65-61-. The number of rotatable bonds is 78. The summed E-state index contributed by atoms with van der Waals surface area (Å²) in [5.74, 6) is -2.29. The molecule has 5 atom stereocenters. The maximum absolute atomic E-state index is 13.1. The molecule has 0 spiro atoms. The minimum atomic E-state index is -5.00. The lowest BCUT2D eigenvalue weighted by atomic mass is 10.0. The summed E-state index contributed by atoms with van der Waals surface area (Å²) in [5, 5.41) is 10.7. The SMILES string of the molecule is CC/C=C\C/C=C\C/C=C\C/C=C\C/C=C\C/C=C\CCC(=O)OCC(COP(=O)(O)OCC(O)COP(=O)(O)OCC(COC(=O)CCCCCCCC/C=C\C/C=C\C/C=C\CCCCC)OC(=O)CCCCCCCCC/C=C\C/C=C\C/C=C\CC)OC(=O)CCCCCCCCCCCCCCC. The van der Waals surface area contributed by atoms with Crippen LogP contribution in [0.5, 0.6) is 0 Å². The summed E-state index contributed by atoms with van der Waals surface area (Å²) in [4.78, 5) is 73.2. The van der Waals surface area contributed by atoms with Crippen LogP contribution in [0.1, 0.15) is 336 Å². The number of carbonyl (C=O) groups excluding carboxylic acids is 4. The average Bonchev–Trinajstić information content (AvgIpc) is 0.916. The van der Waals surface area contributed by atoms with E-state index in [2.05, 4.69) is 155 Å². The van der Waals surface area contributed by atoms with E-state index >= 15 is 0 Å². The fraction of sp³-hybridized carbons (Fsp3) is 0.685. The van der Waals surface area contributed by atoms with Crippen molar-refractivity contribution in [2.75, 3.05) is 39.6 Å². The quantitative estimate of drug-likeness (QED) is 0.0169. The maximum atomic E-state index is 13.1. The Hall–Kier alpha value is -5.06. The molecule has 0 bridgehead atoms. The van der Waals surface area contributed by atoms with Crippen LogP contribution in [-0.4, -0.2) is 96.7 Å². The van der Waals surface area contributed by atoms with Crippen molar-refractivity contribution >= 4 is 39.5 Å². The number of phosphoric acid groups is 2. The van der Waals surface area contributed by atoms with E-state index in [1.165, 1.54) is 70.6 Å². The molecule has 0 rings (SSSR count). The van der Waals surface area contributed by atoms with Crippen molar-refractivity contribution in [3.63, 3.8) is 0 Å². The number of aliphatic hydroxyl groups is 1. The Kier molecular flexibility index (Phi) is 76.3. The molecule has 0 aromatic heterocycles.